The van der Waals surface area contributed by atoms with E-state index in [1.54, 1.807) is 68.6 Å². The topological polar surface area (TPSA) is 114 Å². The van der Waals surface area contributed by atoms with Gasteiger partial charge in [0.1, 0.15) is 31.5 Å². The van der Waals surface area contributed by atoms with E-state index < -0.39 is 28.5 Å². The molecule has 0 aliphatic carbocycles. The maximum absolute atomic E-state index is 14.1. The van der Waals surface area contributed by atoms with Crippen LogP contribution in [0.4, 0.5) is 5.69 Å². The summed E-state index contributed by atoms with van der Waals surface area (Å²) in [5.74, 6) is 0.605. The summed E-state index contributed by atoms with van der Waals surface area (Å²) in [5.41, 5.74) is 0.963. The lowest BCUT2D eigenvalue weighted by Gasteiger charge is -2.32. The third-order valence-electron chi connectivity index (χ3n) is 6.91. The molecule has 1 aliphatic rings. The van der Waals surface area contributed by atoms with E-state index in [9.17, 15) is 18.0 Å². The zero-order valence-corrected chi connectivity index (χ0v) is 24.9. The Kier molecular flexibility index (Phi) is 10.3. The summed E-state index contributed by atoms with van der Waals surface area (Å²) in [4.78, 5) is 28.6. The van der Waals surface area contributed by atoms with E-state index in [1.807, 2.05) is 13.0 Å². The van der Waals surface area contributed by atoms with Gasteiger partial charge in [-0.25, -0.2) is 8.42 Å². The Morgan fingerprint density at radius 3 is 2.43 bits per heavy atom. The highest BCUT2D eigenvalue weighted by Crippen LogP contribution is 2.36. The van der Waals surface area contributed by atoms with Crippen LogP contribution in [0.5, 0.6) is 17.2 Å². The fourth-order valence-corrected chi connectivity index (χ4v) is 5.95. The van der Waals surface area contributed by atoms with Crippen LogP contribution >= 0.6 is 0 Å². The summed E-state index contributed by atoms with van der Waals surface area (Å²) in [7, 11) is -2.64. The Hall–Kier alpha value is -4.25. The van der Waals surface area contributed by atoms with E-state index >= 15 is 0 Å². The maximum atomic E-state index is 14.1. The summed E-state index contributed by atoms with van der Waals surface area (Å²) in [6.45, 7) is 4.36. The van der Waals surface area contributed by atoms with Crippen molar-refractivity contribution in [3.8, 4) is 17.2 Å². The van der Waals surface area contributed by atoms with Crippen molar-refractivity contribution in [3.63, 3.8) is 0 Å². The number of rotatable bonds is 13. The molecule has 0 saturated heterocycles. The second-order valence-corrected chi connectivity index (χ2v) is 11.7. The monoisotopic (exact) mass is 595 g/mol. The van der Waals surface area contributed by atoms with Crippen LogP contribution in [0, 0.1) is 0 Å². The number of carbonyl (C=O) groups is 2. The zero-order valence-electron chi connectivity index (χ0n) is 24.1. The molecule has 2 amide bonds. The number of methoxy groups -OCH3 is 1. The smallest absolute Gasteiger partial charge is 0.264 e. The standard InChI is InChI=1S/C31H37N3O7S/c1-4-5-16-32-31(36)23(2)33(21-24-10-9-11-26(19-24)39-3)30(35)22-34(42(37,38)27-12-7-6-8-13-27)25-14-15-28-29(20-25)41-18-17-40-28/h6-15,19-20,23H,4-5,16-18,21-22H2,1-3H3,(H,32,36)/t23-/m0/s1. The van der Waals surface area contributed by atoms with E-state index in [0.29, 0.717) is 37.0 Å². The van der Waals surface area contributed by atoms with Gasteiger partial charge in [-0.1, -0.05) is 43.7 Å². The van der Waals surface area contributed by atoms with Crippen molar-refractivity contribution in [2.24, 2.45) is 0 Å². The predicted molar refractivity (Wildman–Crippen MR) is 159 cm³/mol. The second-order valence-electron chi connectivity index (χ2n) is 9.85. The van der Waals surface area contributed by atoms with Crippen LogP contribution in [0.25, 0.3) is 0 Å². The van der Waals surface area contributed by atoms with E-state index in [1.165, 1.54) is 17.0 Å². The molecule has 0 bridgehead atoms. The van der Waals surface area contributed by atoms with Crippen molar-refractivity contribution in [1.29, 1.82) is 0 Å². The zero-order chi connectivity index (χ0) is 30.1. The molecule has 0 unspecified atom stereocenters. The molecule has 1 N–H and O–H groups in total. The molecule has 0 fully saturated rings. The molecule has 10 nitrogen and oxygen atoms in total. The second kappa shape index (κ2) is 14.1. The average Bonchev–Trinajstić information content (AvgIpc) is 3.02. The van der Waals surface area contributed by atoms with Gasteiger partial charge in [-0.15, -0.1) is 0 Å². The number of carbonyl (C=O) groups excluding carboxylic acids is 2. The van der Waals surface area contributed by atoms with Crippen molar-refractivity contribution in [2.75, 3.05) is 37.7 Å². The Balaban J connectivity index is 1.71. The van der Waals surface area contributed by atoms with Crippen molar-refractivity contribution in [3.05, 3.63) is 78.4 Å². The van der Waals surface area contributed by atoms with Gasteiger partial charge >= 0.3 is 0 Å². The number of amides is 2. The molecule has 42 heavy (non-hydrogen) atoms. The molecule has 0 saturated carbocycles. The first-order chi connectivity index (χ1) is 20.2. The highest BCUT2D eigenvalue weighted by molar-refractivity contribution is 7.92. The van der Waals surface area contributed by atoms with Crippen LogP contribution in [-0.4, -0.2) is 64.6 Å². The third kappa shape index (κ3) is 7.33. The molecular formula is C31H37N3O7S. The fourth-order valence-electron chi connectivity index (χ4n) is 4.52. The van der Waals surface area contributed by atoms with Gasteiger partial charge in [0.2, 0.25) is 11.8 Å². The lowest BCUT2D eigenvalue weighted by atomic mass is 10.1. The number of nitrogens with zero attached hydrogens (tertiary/aromatic N) is 2. The number of nitrogens with one attached hydrogen (secondary N) is 1. The first-order valence-corrected chi connectivity index (χ1v) is 15.4. The number of sulfonamides is 1. The van der Waals surface area contributed by atoms with Gasteiger partial charge in [-0.05, 0) is 55.3 Å². The average molecular weight is 596 g/mol. The summed E-state index contributed by atoms with van der Waals surface area (Å²) >= 11 is 0. The van der Waals surface area contributed by atoms with Crippen LogP contribution in [-0.2, 0) is 26.2 Å². The molecule has 3 aromatic carbocycles. The molecule has 1 heterocycles. The van der Waals surface area contributed by atoms with E-state index in [4.69, 9.17) is 14.2 Å². The minimum absolute atomic E-state index is 0.0254. The highest BCUT2D eigenvalue weighted by atomic mass is 32.2. The quantitative estimate of drug-likeness (QED) is 0.297. The normalized spacial score (nSPS) is 13.1. The van der Waals surface area contributed by atoms with Crippen LogP contribution in [0.1, 0.15) is 32.3 Å². The number of anilines is 1. The fraction of sp³-hybridized carbons (Fsp3) is 0.355. The number of benzene rings is 3. The molecule has 1 atom stereocenters. The first-order valence-electron chi connectivity index (χ1n) is 13.9. The van der Waals surface area contributed by atoms with Crippen molar-refractivity contribution in [2.45, 2.75) is 44.2 Å². The van der Waals surface area contributed by atoms with Crippen molar-refractivity contribution >= 4 is 27.5 Å². The van der Waals surface area contributed by atoms with Gasteiger partial charge in [-0.2, -0.15) is 0 Å². The SMILES string of the molecule is CCCCNC(=O)[C@H](C)N(Cc1cccc(OC)c1)C(=O)CN(c1ccc2c(c1)OCCO2)S(=O)(=O)c1ccccc1. The summed E-state index contributed by atoms with van der Waals surface area (Å²) in [6, 6.07) is 19.0. The van der Waals surface area contributed by atoms with Crippen LogP contribution in [0.15, 0.2) is 77.7 Å². The minimum Gasteiger partial charge on any atom is -0.497 e. The molecule has 1 aliphatic heterocycles. The minimum atomic E-state index is -4.19. The maximum Gasteiger partial charge on any atom is 0.264 e. The molecule has 11 heteroatoms. The van der Waals surface area contributed by atoms with Crippen molar-refractivity contribution < 1.29 is 32.2 Å². The Morgan fingerprint density at radius 2 is 1.71 bits per heavy atom. The molecule has 4 rings (SSSR count). The van der Waals surface area contributed by atoms with Gasteiger partial charge < -0.3 is 24.4 Å². The molecule has 224 valence electrons. The largest absolute Gasteiger partial charge is 0.497 e. The van der Waals surface area contributed by atoms with Crippen LogP contribution < -0.4 is 23.8 Å². The number of hydrogen-bond acceptors (Lipinski definition) is 7. The number of ether oxygens (including phenoxy) is 3. The lowest BCUT2D eigenvalue weighted by Crippen LogP contribution is -2.51. The molecule has 0 radical (unpaired) electrons. The summed E-state index contributed by atoms with van der Waals surface area (Å²) in [5, 5.41) is 2.88. The lowest BCUT2D eigenvalue weighted by molar-refractivity contribution is -0.139. The Morgan fingerprint density at radius 1 is 0.976 bits per heavy atom. The van der Waals surface area contributed by atoms with E-state index in [0.717, 1.165) is 22.7 Å². The van der Waals surface area contributed by atoms with Crippen molar-refractivity contribution in [1.82, 2.24) is 10.2 Å². The summed E-state index contributed by atoms with van der Waals surface area (Å²) < 4.78 is 45.6. The molecular weight excluding hydrogens is 558 g/mol. The van der Waals surface area contributed by atoms with Gasteiger partial charge in [0.15, 0.2) is 11.5 Å². The highest BCUT2D eigenvalue weighted by Gasteiger charge is 2.33. The molecule has 0 spiro atoms. The number of unbranched alkanes of at least 4 members (excludes halogenated alkanes) is 1. The molecule has 3 aromatic rings. The van der Waals surface area contributed by atoms with Gasteiger partial charge in [0.25, 0.3) is 10.0 Å². The van der Waals surface area contributed by atoms with Gasteiger partial charge in [0, 0.05) is 19.2 Å². The number of fused-ring (bicyclic) bond motifs is 1. The molecule has 0 aromatic heterocycles. The Labute approximate surface area is 247 Å². The summed E-state index contributed by atoms with van der Waals surface area (Å²) in [6.07, 6.45) is 1.71. The predicted octanol–water partition coefficient (Wildman–Crippen LogP) is 4.00. The first kappa shape index (κ1) is 30.7. The van der Waals surface area contributed by atoms with Gasteiger partial charge in [-0.3, -0.25) is 13.9 Å². The van der Waals surface area contributed by atoms with Gasteiger partial charge in [0.05, 0.1) is 17.7 Å². The van der Waals surface area contributed by atoms with Crippen LogP contribution in [0.3, 0.4) is 0 Å². The van der Waals surface area contributed by atoms with E-state index in [2.05, 4.69) is 5.32 Å². The van der Waals surface area contributed by atoms with E-state index in [-0.39, 0.29) is 23.0 Å². The van der Waals surface area contributed by atoms with Crippen LogP contribution in [0.2, 0.25) is 0 Å². The number of hydrogen-bond donors (Lipinski definition) is 1. The Bertz CT molecular complexity index is 1480. The third-order valence-corrected chi connectivity index (χ3v) is 8.70.